The number of rotatable bonds is 4. The van der Waals surface area contributed by atoms with Crippen LogP contribution in [0, 0.1) is 6.92 Å². The fraction of sp³-hybridized carbons (Fsp3) is 0.158. The highest BCUT2D eigenvalue weighted by molar-refractivity contribution is 5.84. The van der Waals surface area contributed by atoms with Crippen LogP contribution in [0.25, 0.3) is 16.9 Å². The Balaban J connectivity index is 1.69. The van der Waals surface area contributed by atoms with Gasteiger partial charge in [0.25, 0.3) is 0 Å². The van der Waals surface area contributed by atoms with Crippen molar-refractivity contribution in [1.29, 1.82) is 0 Å². The van der Waals surface area contributed by atoms with Gasteiger partial charge in [-0.2, -0.15) is 0 Å². The first kappa shape index (κ1) is 16.0. The van der Waals surface area contributed by atoms with Gasteiger partial charge in [0.2, 0.25) is 0 Å². The van der Waals surface area contributed by atoms with Crippen molar-refractivity contribution >= 4 is 17.3 Å². The minimum absolute atomic E-state index is 0.112. The highest BCUT2D eigenvalue weighted by Crippen LogP contribution is 2.29. The zero-order valence-electron chi connectivity index (χ0n) is 14.6. The van der Waals surface area contributed by atoms with Crippen molar-refractivity contribution in [2.45, 2.75) is 19.9 Å². The van der Waals surface area contributed by atoms with Gasteiger partial charge in [0, 0.05) is 24.5 Å². The summed E-state index contributed by atoms with van der Waals surface area (Å²) in [5.74, 6) is 1.11. The Morgan fingerprint density at radius 2 is 1.92 bits per heavy atom. The molecule has 130 valence electrons. The van der Waals surface area contributed by atoms with Crippen LogP contribution < -0.4 is 11.1 Å². The molecule has 4 aromatic rings. The lowest BCUT2D eigenvalue weighted by Gasteiger charge is -2.15. The maximum atomic E-state index is 6.13. The molecule has 1 atom stereocenters. The Labute approximate surface area is 150 Å². The van der Waals surface area contributed by atoms with Gasteiger partial charge in [0.15, 0.2) is 11.5 Å². The highest BCUT2D eigenvalue weighted by Gasteiger charge is 2.16. The van der Waals surface area contributed by atoms with E-state index in [4.69, 9.17) is 5.73 Å². The summed E-state index contributed by atoms with van der Waals surface area (Å²) in [4.78, 5) is 13.2. The lowest BCUT2D eigenvalue weighted by atomic mass is 10.1. The van der Waals surface area contributed by atoms with Gasteiger partial charge in [-0.1, -0.05) is 30.3 Å². The number of nitrogens with two attached hydrogens (primary N) is 1. The topological polar surface area (TPSA) is 94.0 Å². The number of nitrogens with zero attached hydrogens (tertiary/aromatic N) is 5. The summed E-state index contributed by atoms with van der Waals surface area (Å²) in [5, 5.41) is 7.74. The van der Waals surface area contributed by atoms with Crippen LogP contribution in [0.2, 0.25) is 0 Å². The number of hydrogen-bond acceptors (Lipinski definition) is 6. The number of anilines is 2. The summed E-state index contributed by atoms with van der Waals surface area (Å²) < 4.78 is 1.68. The number of benzene rings is 1. The third-order valence-corrected chi connectivity index (χ3v) is 4.22. The molecule has 4 rings (SSSR count). The van der Waals surface area contributed by atoms with Gasteiger partial charge in [-0.05, 0) is 25.0 Å². The zero-order chi connectivity index (χ0) is 18.1. The van der Waals surface area contributed by atoms with E-state index < -0.39 is 0 Å². The lowest BCUT2D eigenvalue weighted by Crippen LogP contribution is -2.08. The van der Waals surface area contributed by atoms with E-state index in [1.165, 1.54) is 11.9 Å². The molecule has 0 amide bonds. The van der Waals surface area contributed by atoms with Crippen LogP contribution in [0.5, 0.6) is 0 Å². The van der Waals surface area contributed by atoms with Crippen LogP contribution in [0.4, 0.5) is 11.6 Å². The Morgan fingerprint density at radius 1 is 1.12 bits per heavy atom. The van der Waals surface area contributed by atoms with Gasteiger partial charge in [0.1, 0.15) is 12.1 Å². The van der Waals surface area contributed by atoms with Crippen molar-refractivity contribution in [2.75, 3.05) is 11.1 Å². The van der Waals surface area contributed by atoms with E-state index in [1.807, 2.05) is 37.4 Å². The van der Waals surface area contributed by atoms with Crippen molar-refractivity contribution in [3.63, 3.8) is 0 Å². The standard InChI is InChI=1S/C19H19N7/c1-12-9-21-19-17(18(20)25-26(19)10-12)15-8-16(23-11-22-15)24-13(2)14-6-4-3-5-7-14/h3-11,13H,1-2H3,(H2,20,25)(H,22,23,24)/t13-/m0/s1. The fourth-order valence-corrected chi connectivity index (χ4v) is 2.91. The van der Waals surface area contributed by atoms with Crippen LogP contribution in [0.15, 0.2) is 55.1 Å². The molecule has 3 aromatic heterocycles. The molecular formula is C19H19N7. The number of nitrogens with one attached hydrogen (secondary N) is 1. The molecule has 0 saturated heterocycles. The first-order valence-electron chi connectivity index (χ1n) is 8.36. The molecule has 0 aliphatic heterocycles. The molecule has 3 heterocycles. The SMILES string of the molecule is Cc1cnc2c(-c3cc(N[C@@H](C)c4ccccc4)ncn3)c(N)nn2c1. The lowest BCUT2D eigenvalue weighted by molar-refractivity contribution is 0.872. The van der Waals surface area contributed by atoms with E-state index in [9.17, 15) is 0 Å². The molecule has 0 aliphatic rings. The van der Waals surface area contributed by atoms with Gasteiger partial charge >= 0.3 is 0 Å². The number of fused-ring (bicyclic) bond motifs is 1. The molecule has 0 spiro atoms. The van der Waals surface area contributed by atoms with Crippen LogP contribution in [-0.4, -0.2) is 24.6 Å². The predicted molar refractivity (Wildman–Crippen MR) is 102 cm³/mol. The third kappa shape index (κ3) is 2.95. The van der Waals surface area contributed by atoms with Crippen LogP contribution in [0.3, 0.4) is 0 Å². The van der Waals surface area contributed by atoms with E-state index in [-0.39, 0.29) is 6.04 Å². The Hall–Kier alpha value is -3.48. The number of aromatic nitrogens is 5. The molecule has 0 aliphatic carbocycles. The van der Waals surface area contributed by atoms with Gasteiger partial charge in [0.05, 0.1) is 11.3 Å². The van der Waals surface area contributed by atoms with Gasteiger partial charge < -0.3 is 11.1 Å². The number of nitrogen functional groups attached to an aromatic ring is 1. The molecular weight excluding hydrogens is 326 g/mol. The Bertz CT molecular complexity index is 1060. The quantitative estimate of drug-likeness (QED) is 0.590. The van der Waals surface area contributed by atoms with E-state index >= 15 is 0 Å². The average Bonchev–Trinajstić information content (AvgIpc) is 2.97. The molecule has 0 bridgehead atoms. The van der Waals surface area contributed by atoms with Gasteiger partial charge in [-0.25, -0.2) is 19.5 Å². The van der Waals surface area contributed by atoms with Crippen molar-refractivity contribution in [2.24, 2.45) is 0 Å². The van der Waals surface area contributed by atoms with Crippen molar-refractivity contribution in [3.05, 3.63) is 66.2 Å². The molecule has 0 saturated carbocycles. The predicted octanol–water partition coefficient (Wildman–Crippen LogP) is 3.25. The fourth-order valence-electron chi connectivity index (χ4n) is 2.91. The van der Waals surface area contributed by atoms with Crippen LogP contribution in [0.1, 0.15) is 24.1 Å². The maximum absolute atomic E-state index is 6.13. The first-order chi connectivity index (χ1) is 12.6. The van der Waals surface area contributed by atoms with Gasteiger partial charge in [-0.3, -0.25) is 0 Å². The third-order valence-electron chi connectivity index (χ3n) is 4.22. The van der Waals surface area contributed by atoms with Crippen molar-refractivity contribution < 1.29 is 0 Å². The zero-order valence-corrected chi connectivity index (χ0v) is 14.6. The second-order valence-electron chi connectivity index (χ2n) is 6.22. The highest BCUT2D eigenvalue weighted by atomic mass is 15.3. The van der Waals surface area contributed by atoms with Gasteiger partial charge in [-0.15, -0.1) is 5.10 Å². The molecule has 7 heteroatoms. The van der Waals surface area contributed by atoms with E-state index in [0.29, 0.717) is 22.7 Å². The Kier molecular flexibility index (Phi) is 3.96. The summed E-state index contributed by atoms with van der Waals surface area (Å²) in [6.07, 6.45) is 5.20. The molecule has 1 aromatic carbocycles. The van der Waals surface area contributed by atoms with E-state index in [1.54, 1.807) is 10.7 Å². The van der Waals surface area contributed by atoms with Crippen LogP contribution in [-0.2, 0) is 0 Å². The van der Waals surface area contributed by atoms with E-state index in [0.717, 1.165) is 11.4 Å². The number of aryl methyl sites for hydroxylation is 1. The largest absolute Gasteiger partial charge is 0.382 e. The molecule has 0 radical (unpaired) electrons. The Morgan fingerprint density at radius 3 is 2.73 bits per heavy atom. The smallest absolute Gasteiger partial charge is 0.166 e. The first-order valence-corrected chi connectivity index (χ1v) is 8.36. The summed E-state index contributed by atoms with van der Waals surface area (Å²) in [6.45, 7) is 4.05. The molecule has 0 fully saturated rings. The summed E-state index contributed by atoms with van der Waals surface area (Å²) in [5.41, 5.74) is 10.4. The van der Waals surface area contributed by atoms with E-state index in [2.05, 4.69) is 44.4 Å². The summed E-state index contributed by atoms with van der Waals surface area (Å²) in [6, 6.07) is 12.2. The molecule has 3 N–H and O–H groups in total. The minimum Gasteiger partial charge on any atom is -0.382 e. The van der Waals surface area contributed by atoms with Crippen LogP contribution >= 0.6 is 0 Å². The summed E-state index contributed by atoms with van der Waals surface area (Å²) >= 11 is 0. The second-order valence-corrected chi connectivity index (χ2v) is 6.22. The maximum Gasteiger partial charge on any atom is 0.166 e. The normalized spacial score (nSPS) is 12.2. The minimum atomic E-state index is 0.112. The molecule has 0 unspecified atom stereocenters. The summed E-state index contributed by atoms with van der Waals surface area (Å²) in [7, 11) is 0. The van der Waals surface area contributed by atoms with Crippen molar-refractivity contribution in [1.82, 2.24) is 24.6 Å². The average molecular weight is 345 g/mol. The van der Waals surface area contributed by atoms with Crippen molar-refractivity contribution in [3.8, 4) is 11.3 Å². The second kappa shape index (κ2) is 6.44. The number of hydrogen-bond donors (Lipinski definition) is 2. The monoisotopic (exact) mass is 345 g/mol. The molecule has 7 nitrogen and oxygen atoms in total. The molecule has 26 heavy (non-hydrogen) atoms.